The lowest BCUT2D eigenvalue weighted by Gasteiger charge is -2.27. The van der Waals surface area contributed by atoms with E-state index in [1.54, 1.807) is 17.8 Å². The van der Waals surface area contributed by atoms with Gasteiger partial charge < -0.3 is 10.1 Å². The van der Waals surface area contributed by atoms with Crippen molar-refractivity contribution in [2.24, 2.45) is 5.92 Å². The van der Waals surface area contributed by atoms with E-state index in [0.717, 1.165) is 49.2 Å². The molecule has 1 aromatic carbocycles. The highest BCUT2D eigenvalue weighted by atomic mass is 32.2. The molecule has 112 valence electrons. The van der Waals surface area contributed by atoms with E-state index in [1.165, 1.54) is 12.5 Å². The summed E-state index contributed by atoms with van der Waals surface area (Å²) in [6, 6.07) is 7.48. The van der Waals surface area contributed by atoms with E-state index in [4.69, 9.17) is 4.74 Å². The molecule has 2 rings (SSSR count). The maximum absolute atomic E-state index is 13.6. The van der Waals surface area contributed by atoms with Crippen LogP contribution in [0.5, 0.6) is 0 Å². The van der Waals surface area contributed by atoms with Gasteiger partial charge in [-0.3, -0.25) is 0 Å². The first-order valence-corrected chi connectivity index (χ1v) is 8.46. The highest BCUT2D eigenvalue weighted by Crippen LogP contribution is 2.26. The second-order valence-electron chi connectivity index (χ2n) is 5.29. The summed E-state index contributed by atoms with van der Waals surface area (Å²) in [7, 11) is 0. The molecule has 0 amide bonds. The third kappa shape index (κ3) is 5.08. The first kappa shape index (κ1) is 15.8. The van der Waals surface area contributed by atoms with Crippen molar-refractivity contribution in [3.05, 3.63) is 30.1 Å². The largest absolute Gasteiger partial charge is 0.381 e. The molecule has 2 nitrogen and oxygen atoms in total. The number of rotatable bonds is 7. The van der Waals surface area contributed by atoms with Crippen LogP contribution in [0.4, 0.5) is 4.39 Å². The van der Waals surface area contributed by atoms with Crippen LogP contribution >= 0.6 is 11.8 Å². The maximum atomic E-state index is 13.6. The van der Waals surface area contributed by atoms with Gasteiger partial charge in [-0.15, -0.1) is 11.8 Å². The number of ether oxygens (including phenoxy) is 1. The molecule has 1 unspecified atom stereocenters. The minimum atomic E-state index is -0.112. The molecule has 0 saturated carbocycles. The Bertz CT molecular complexity index is 396. The van der Waals surface area contributed by atoms with Crippen LogP contribution in [0.1, 0.15) is 26.2 Å². The molecule has 0 spiro atoms. The third-order valence-electron chi connectivity index (χ3n) is 3.73. The Labute approximate surface area is 125 Å². The fourth-order valence-electron chi connectivity index (χ4n) is 2.64. The summed E-state index contributed by atoms with van der Waals surface area (Å²) < 4.78 is 19.0. The van der Waals surface area contributed by atoms with Crippen LogP contribution in [-0.4, -0.2) is 31.6 Å². The van der Waals surface area contributed by atoms with Gasteiger partial charge in [-0.2, -0.15) is 0 Å². The molecule has 1 atom stereocenters. The Morgan fingerprint density at radius 2 is 2.10 bits per heavy atom. The van der Waals surface area contributed by atoms with Crippen LogP contribution in [0, 0.1) is 11.7 Å². The van der Waals surface area contributed by atoms with Crippen molar-refractivity contribution < 1.29 is 9.13 Å². The zero-order valence-electron chi connectivity index (χ0n) is 12.1. The Balaban J connectivity index is 1.83. The number of hydrogen-bond donors (Lipinski definition) is 1. The van der Waals surface area contributed by atoms with Crippen molar-refractivity contribution in [3.8, 4) is 0 Å². The van der Waals surface area contributed by atoms with Gasteiger partial charge in [0.1, 0.15) is 5.82 Å². The predicted molar refractivity (Wildman–Crippen MR) is 82.7 cm³/mol. The molecule has 1 saturated heterocycles. The van der Waals surface area contributed by atoms with Gasteiger partial charge in [0.05, 0.1) is 0 Å². The van der Waals surface area contributed by atoms with E-state index in [-0.39, 0.29) is 5.82 Å². The summed E-state index contributed by atoms with van der Waals surface area (Å²) in [6.07, 6.45) is 3.48. The molecule has 1 N–H and O–H groups in total. The van der Waals surface area contributed by atoms with Crippen molar-refractivity contribution in [1.82, 2.24) is 5.32 Å². The number of hydrogen-bond acceptors (Lipinski definition) is 3. The van der Waals surface area contributed by atoms with Crippen molar-refractivity contribution in [1.29, 1.82) is 0 Å². The van der Waals surface area contributed by atoms with E-state index in [2.05, 4.69) is 12.2 Å². The molecule has 4 heteroatoms. The molecule has 0 aliphatic carbocycles. The molecule has 1 aromatic rings. The fourth-order valence-corrected chi connectivity index (χ4v) is 3.65. The summed E-state index contributed by atoms with van der Waals surface area (Å²) in [6.45, 7) is 4.88. The lowest BCUT2D eigenvalue weighted by Crippen LogP contribution is -2.34. The van der Waals surface area contributed by atoms with Gasteiger partial charge >= 0.3 is 0 Å². The fraction of sp³-hybridized carbons (Fsp3) is 0.625. The van der Waals surface area contributed by atoms with E-state index < -0.39 is 0 Å². The smallest absolute Gasteiger partial charge is 0.136 e. The zero-order chi connectivity index (χ0) is 14.2. The van der Waals surface area contributed by atoms with Crippen LogP contribution in [0.3, 0.4) is 0 Å². The number of nitrogens with one attached hydrogen (secondary N) is 1. The highest BCUT2D eigenvalue weighted by Gasteiger charge is 2.19. The monoisotopic (exact) mass is 297 g/mol. The van der Waals surface area contributed by atoms with Crippen molar-refractivity contribution in [2.45, 2.75) is 37.1 Å². The summed E-state index contributed by atoms with van der Waals surface area (Å²) in [5.74, 6) is 1.56. The summed E-state index contributed by atoms with van der Waals surface area (Å²) in [4.78, 5) is 0.752. The standard InChI is InChI=1S/C16H24FNOS/c1-2-18-14(11-13-7-9-19-10-8-13)12-20-16-6-4-3-5-15(16)17/h3-6,13-14,18H,2,7-12H2,1H3. The number of halogens is 1. The van der Waals surface area contributed by atoms with E-state index in [0.29, 0.717) is 6.04 Å². The Hall–Kier alpha value is -0.580. The molecule has 1 fully saturated rings. The molecule has 20 heavy (non-hydrogen) atoms. The van der Waals surface area contributed by atoms with Crippen molar-refractivity contribution in [3.63, 3.8) is 0 Å². The molecule has 0 radical (unpaired) electrons. The van der Waals surface area contributed by atoms with Gasteiger partial charge in [-0.05, 0) is 43.9 Å². The molecule has 0 bridgehead atoms. The molecular formula is C16H24FNOS. The number of thioether (sulfide) groups is 1. The van der Waals surface area contributed by atoms with E-state index >= 15 is 0 Å². The van der Waals surface area contributed by atoms with Gasteiger partial charge in [0.2, 0.25) is 0 Å². The molecule has 1 aliphatic heterocycles. The van der Waals surface area contributed by atoms with Crippen LogP contribution < -0.4 is 5.32 Å². The first-order chi connectivity index (χ1) is 9.79. The van der Waals surface area contributed by atoms with E-state index in [9.17, 15) is 4.39 Å². The third-order valence-corrected chi connectivity index (χ3v) is 4.94. The van der Waals surface area contributed by atoms with Crippen LogP contribution in [0.15, 0.2) is 29.2 Å². The average Bonchev–Trinajstić information content (AvgIpc) is 2.47. The van der Waals surface area contributed by atoms with Gasteiger partial charge in [-0.1, -0.05) is 19.1 Å². The van der Waals surface area contributed by atoms with Crippen LogP contribution in [-0.2, 0) is 4.74 Å². The van der Waals surface area contributed by atoms with Crippen molar-refractivity contribution in [2.75, 3.05) is 25.5 Å². The Morgan fingerprint density at radius 1 is 1.35 bits per heavy atom. The maximum Gasteiger partial charge on any atom is 0.136 e. The van der Waals surface area contributed by atoms with Gasteiger partial charge in [0.15, 0.2) is 0 Å². The van der Waals surface area contributed by atoms with Crippen LogP contribution in [0.25, 0.3) is 0 Å². The predicted octanol–water partition coefficient (Wildman–Crippen LogP) is 3.71. The minimum absolute atomic E-state index is 0.112. The summed E-state index contributed by atoms with van der Waals surface area (Å²) in [5.41, 5.74) is 0. The normalized spacial score (nSPS) is 18.1. The average molecular weight is 297 g/mol. The van der Waals surface area contributed by atoms with Crippen LogP contribution in [0.2, 0.25) is 0 Å². The lowest BCUT2D eigenvalue weighted by atomic mass is 9.93. The molecule has 0 aromatic heterocycles. The Morgan fingerprint density at radius 3 is 2.80 bits per heavy atom. The Kier molecular flexibility index (Phi) is 6.83. The first-order valence-electron chi connectivity index (χ1n) is 7.48. The summed E-state index contributed by atoms with van der Waals surface area (Å²) >= 11 is 1.61. The van der Waals surface area contributed by atoms with E-state index in [1.807, 2.05) is 12.1 Å². The lowest BCUT2D eigenvalue weighted by molar-refractivity contribution is 0.0614. The number of benzene rings is 1. The second kappa shape index (κ2) is 8.65. The molecule has 1 heterocycles. The van der Waals surface area contributed by atoms with Gasteiger partial charge in [0, 0.05) is 29.9 Å². The van der Waals surface area contributed by atoms with Gasteiger partial charge in [-0.25, -0.2) is 4.39 Å². The highest BCUT2D eigenvalue weighted by molar-refractivity contribution is 7.99. The SMILES string of the molecule is CCNC(CSc1ccccc1F)CC1CCOCC1. The molecule has 1 aliphatic rings. The minimum Gasteiger partial charge on any atom is -0.381 e. The quantitative estimate of drug-likeness (QED) is 0.775. The van der Waals surface area contributed by atoms with Crippen molar-refractivity contribution >= 4 is 11.8 Å². The molecular weight excluding hydrogens is 273 g/mol. The summed E-state index contributed by atoms with van der Waals surface area (Å²) in [5, 5.41) is 3.54. The van der Waals surface area contributed by atoms with Gasteiger partial charge in [0.25, 0.3) is 0 Å². The topological polar surface area (TPSA) is 21.3 Å². The zero-order valence-corrected chi connectivity index (χ0v) is 12.9. The second-order valence-corrected chi connectivity index (χ2v) is 6.35.